The van der Waals surface area contributed by atoms with Crippen LogP contribution in [-0.2, 0) is 0 Å². The number of nitrogens with zero attached hydrogens (tertiary/aromatic N) is 5. The Bertz CT molecular complexity index is 1150. The van der Waals surface area contributed by atoms with Gasteiger partial charge < -0.3 is 19.3 Å². The van der Waals surface area contributed by atoms with Crippen LogP contribution in [0.1, 0.15) is 5.56 Å². The van der Waals surface area contributed by atoms with Crippen molar-refractivity contribution in [2.75, 3.05) is 50.6 Å². The van der Waals surface area contributed by atoms with Crippen molar-refractivity contribution < 1.29 is 14.3 Å². The Kier molecular flexibility index (Phi) is 5.71. The number of amides is 2. The van der Waals surface area contributed by atoms with Crippen LogP contribution in [0.15, 0.2) is 42.5 Å². The molecule has 9 nitrogen and oxygen atoms in total. The summed E-state index contributed by atoms with van der Waals surface area (Å²) in [6.07, 6.45) is 0. The van der Waals surface area contributed by atoms with Crippen molar-refractivity contribution in [2.45, 2.75) is 0 Å². The molecule has 2 aromatic carbocycles. The lowest BCUT2D eigenvalue weighted by molar-refractivity contribution is 0.208. The van der Waals surface area contributed by atoms with Gasteiger partial charge in [-0.15, -0.1) is 0 Å². The summed E-state index contributed by atoms with van der Waals surface area (Å²) in [5, 5.41) is 12.1. The molecule has 0 bridgehead atoms. The highest BCUT2D eigenvalue weighted by molar-refractivity contribution is 5.91. The summed E-state index contributed by atoms with van der Waals surface area (Å²) in [6.45, 7) is 2.30. The summed E-state index contributed by atoms with van der Waals surface area (Å²) in [4.78, 5) is 25.6. The highest BCUT2D eigenvalue weighted by Crippen LogP contribution is 2.26. The van der Waals surface area contributed by atoms with Crippen molar-refractivity contribution in [1.29, 1.82) is 5.26 Å². The number of hydrogen-bond acceptors (Lipinski definition) is 7. The summed E-state index contributed by atoms with van der Waals surface area (Å²) in [6, 6.07) is 14.8. The van der Waals surface area contributed by atoms with Gasteiger partial charge in [-0.05, 0) is 24.3 Å². The Hall–Kier alpha value is -4.06. The molecule has 1 fully saturated rings. The van der Waals surface area contributed by atoms with Crippen molar-refractivity contribution in [3.8, 4) is 17.7 Å². The maximum atomic E-state index is 12.8. The number of benzene rings is 2. The zero-order valence-corrected chi connectivity index (χ0v) is 17.3. The first-order valence-corrected chi connectivity index (χ1v) is 9.82. The largest absolute Gasteiger partial charge is 0.497 e. The number of urea groups is 1. The van der Waals surface area contributed by atoms with Crippen LogP contribution in [0, 0.1) is 11.3 Å². The van der Waals surface area contributed by atoms with E-state index in [9.17, 15) is 10.1 Å². The number of nitriles is 1. The van der Waals surface area contributed by atoms with E-state index in [4.69, 9.17) is 9.47 Å². The number of para-hydroxylation sites is 1. The minimum atomic E-state index is -0.270. The molecular formula is C22H22N6O3. The van der Waals surface area contributed by atoms with E-state index in [0.29, 0.717) is 48.5 Å². The number of rotatable bonds is 4. The van der Waals surface area contributed by atoms with Crippen LogP contribution < -0.4 is 19.7 Å². The van der Waals surface area contributed by atoms with Crippen molar-refractivity contribution in [3.63, 3.8) is 0 Å². The molecule has 4 rings (SSSR count). The van der Waals surface area contributed by atoms with E-state index < -0.39 is 0 Å². The van der Waals surface area contributed by atoms with E-state index in [1.54, 1.807) is 36.3 Å². The summed E-state index contributed by atoms with van der Waals surface area (Å²) in [5.41, 5.74) is 2.75. The molecule has 0 atom stereocenters. The smallest absolute Gasteiger partial charge is 0.323 e. The van der Waals surface area contributed by atoms with Crippen LogP contribution in [0.25, 0.3) is 11.0 Å². The molecule has 0 spiro atoms. The lowest BCUT2D eigenvalue weighted by atomic mass is 10.1. The van der Waals surface area contributed by atoms with Crippen molar-refractivity contribution in [3.05, 3.63) is 48.0 Å². The zero-order valence-electron chi connectivity index (χ0n) is 17.3. The third-order valence-corrected chi connectivity index (χ3v) is 5.19. The number of nitrogens with one attached hydrogen (secondary N) is 1. The van der Waals surface area contributed by atoms with E-state index in [0.717, 1.165) is 5.69 Å². The van der Waals surface area contributed by atoms with Gasteiger partial charge in [0, 0.05) is 32.2 Å². The minimum absolute atomic E-state index is 0.232. The van der Waals surface area contributed by atoms with E-state index >= 15 is 0 Å². The number of methoxy groups -OCH3 is 2. The van der Waals surface area contributed by atoms with Crippen LogP contribution in [0.2, 0.25) is 0 Å². The SMILES string of the molecule is COc1ccc2nc(NC(=O)N3CCN(c4ccccc4C#N)CC3)c(OC)nc2c1. The predicted molar refractivity (Wildman–Crippen MR) is 117 cm³/mol. The number of carbonyl (C=O) groups is 1. The molecule has 2 amide bonds. The number of carbonyl (C=O) groups excluding carboxylic acids is 1. The van der Waals surface area contributed by atoms with Crippen LogP contribution in [0.3, 0.4) is 0 Å². The average molecular weight is 418 g/mol. The molecular weight excluding hydrogens is 396 g/mol. The van der Waals surface area contributed by atoms with E-state index in [2.05, 4.69) is 26.3 Å². The molecule has 2 heterocycles. The molecule has 158 valence electrons. The molecule has 31 heavy (non-hydrogen) atoms. The third kappa shape index (κ3) is 4.14. The summed E-state index contributed by atoms with van der Waals surface area (Å²) < 4.78 is 10.5. The second-order valence-electron chi connectivity index (χ2n) is 6.97. The molecule has 1 saturated heterocycles. The standard InChI is InChI=1S/C22H22N6O3/c1-30-16-7-8-17-18(13-16)25-21(31-2)20(24-17)26-22(29)28-11-9-27(10-12-28)19-6-4-3-5-15(19)14-23/h3-8,13H,9-12H2,1-2H3,(H,24,26,29). The van der Waals surface area contributed by atoms with Crippen molar-refractivity contribution in [1.82, 2.24) is 14.9 Å². The number of piperazine rings is 1. The number of fused-ring (bicyclic) bond motifs is 1. The highest BCUT2D eigenvalue weighted by atomic mass is 16.5. The first-order valence-electron chi connectivity index (χ1n) is 9.82. The van der Waals surface area contributed by atoms with Crippen LogP contribution in [0.5, 0.6) is 11.6 Å². The molecule has 1 N–H and O–H groups in total. The second-order valence-corrected chi connectivity index (χ2v) is 6.97. The molecule has 1 aromatic heterocycles. The Morgan fingerprint density at radius 3 is 2.52 bits per heavy atom. The monoisotopic (exact) mass is 418 g/mol. The lowest BCUT2D eigenvalue weighted by Gasteiger charge is -2.36. The Labute approximate surface area is 179 Å². The van der Waals surface area contributed by atoms with E-state index in [-0.39, 0.29) is 17.7 Å². The summed E-state index contributed by atoms with van der Waals surface area (Å²) >= 11 is 0. The molecule has 0 unspecified atom stereocenters. The second kappa shape index (κ2) is 8.75. The van der Waals surface area contributed by atoms with Gasteiger partial charge in [-0.25, -0.2) is 14.8 Å². The Morgan fingerprint density at radius 2 is 1.81 bits per heavy atom. The number of anilines is 2. The van der Waals surface area contributed by atoms with Gasteiger partial charge in [0.15, 0.2) is 5.82 Å². The van der Waals surface area contributed by atoms with E-state index in [1.165, 1.54) is 7.11 Å². The lowest BCUT2D eigenvalue weighted by Crippen LogP contribution is -2.50. The predicted octanol–water partition coefficient (Wildman–Crippen LogP) is 2.87. The van der Waals surface area contributed by atoms with Crippen LogP contribution in [0.4, 0.5) is 16.3 Å². The highest BCUT2D eigenvalue weighted by Gasteiger charge is 2.24. The quantitative estimate of drug-likeness (QED) is 0.695. The summed E-state index contributed by atoms with van der Waals surface area (Å²) in [5.74, 6) is 1.16. The van der Waals surface area contributed by atoms with Gasteiger partial charge in [0.2, 0.25) is 0 Å². The van der Waals surface area contributed by atoms with Gasteiger partial charge >= 0.3 is 6.03 Å². The van der Waals surface area contributed by atoms with Crippen LogP contribution in [-0.4, -0.2) is 61.3 Å². The third-order valence-electron chi connectivity index (χ3n) is 5.19. The molecule has 0 saturated carbocycles. The molecule has 0 radical (unpaired) electrons. The Balaban J connectivity index is 1.46. The fourth-order valence-corrected chi connectivity index (χ4v) is 3.54. The van der Waals surface area contributed by atoms with Gasteiger partial charge in [0.25, 0.3) is 5.88 Å². The molecule has 1 aliphatic rings. The first-order chi connectivity index (χ1) is 15.1. The molecule has 0 aliphatic carbocycles. The fourth-order valence-electron chi connectivity index (χ4n) is 3.54. The van der Waals surface area contributed by atoms with Gasteiger partial charge in [0.05, 0.1) is 36.5 Å². The van der Waals surface area contributed by atoms with Gasteiger partial charge in [-0.1, -0.05) is 12.1 Å². The van der Waals surface area contributed by atoms with Gasteiger partial charge in [-0.3, -0.25) is 5.32 Å². The van der Waals surface area contributed by atoms with Crippen molar-refractivity contribution >= 4 is 28.6 Å². The van der Waals surface area contributed by atoms with Crippen LogP contribution >= 0.6 is 0 Å². The minimum Gasteiger partial charge on any atom is -0.497 e. The normalized spacial score (nSPS) is 13.6. The van der Waals surface area contributed by atoms with Crippen molar-refractivity contribution in [2.24, 2.45) is 0 Å². The number of aromatic nitrogens is 2. The maximum absolute atomic E-state index is 12.8. The summed E-state index contributed by atoms with van der Waals surface area (Å²) in [7, 11) is 3.07. The number of ether oxygens (including phenoxy) is 2. The number of hydrogen-bond donors (Lipinski definition) is 1. The molecule has 9 heteroatoms. The molecule has 3 aromatic rings. The first kappa shape index (κ1) is 20.2. The zero-order chi connectivity index (χ0) is 21.8. The maximum Gasteiger partial charge on any atom is 0.323 e. The fraction of sp³-hybridized carbons (Fsp3) is 0.273. The topological polar surface area (TPSA) is 104 Å². The molecule has 1 aliphatic heterocycles. The van der Waals surface area contributed by atoms with Gasteiger partial charge in [-0.2, -0.15) is 5.26 Å². The average Bonchev–Trinajstić information content (AvgIpc) is 2.83. The van der Waals surface area contributed by atoms with E-state index in [1.807, 2.05) is 18.2 Å². The Morgan fingerprint density at radius 1 is 1.03 bits per heavy atom. The van der Waals surface area contributed by atoms with Gasteiger partial charge in [0.1, 0.15) is 11.8 Å².